The number of benzene rings is 2. The largest absolute Gasteiger partial charge is 0.376 e. The third-order valence-corrected chi connectivity index (χ3v) is 4.50. The zero-order chi connectivity index (χ0) is 21.8. The average molecular weight is 411 g/mol. The predicted octanol–water partition coefficient (Wildman–Crippen LogP) is 3.30. The Morgan fingerprint density at radius 2 is 1.73 bits per heavy atom. The zero-order valence-corrected chi connectivity index (χ0v) is 18.5. The third-order valence-electron chi connectivity index (χ3n) is 4.50. The number of hydrogen-bond donors (Lipinski definition) is 2. The summed E-state index contributed by atoms with van der Waals surface area (Å²) in [5, 5.41) is 6.65. The summed E-state index contributed by atoms with van der Waals surface area (Å²) in [6.45, 7) is 7.63. The number of nitrogens with one attached hydrogen (secondary N) is 2. The van der Waals surface area contributed by atoms with Crippen molar-refractivity contribution < 1.29 is 9.53 Å². The number of nitrogens with zero attached hydrogens (tertiary/aromatic N) is 2. The molecule has 0 radical (unpaired) electrons. The number of ether oxygens (including phenoxy) is 1. The second-order valence-electron chi connectivity index (χ2n) is 7.58. The first-order valence-electron chi connectivity index (χ1n) is 10.4. The molecule has 0 bridgehead atoms. The molecule has 0 saturated heterocycles. The second kappa shape index (κ2) is 12.6. The van der Waals surface area contributed by atoms with E-state index in [2.05, 4.69) is 34.7 Å². The maximum Gasteiger partial charge on any atom is 0.253 e. The first-order chi connectivity index (χ1) is 14.5. The summed E-state index contributed by atoms with van der Waals surface area (Å²) < 4.78 is 5.82. The number of aliphatic imine (C=N–C) groups is 1. The van der Waals surface area contributed by atoms with E-state index in [0.29, 0.717) is 31.2 Å². The molecule has 0 aromatic heterocycles. The topological polar surface area (TPSA) is 66.0 Å². The van der Waals surface area contributed by atoms with E-state index < -0.39 is 0 Å². The predicted molar refractivity (Wildman–Crippen MR) is 123 cm³/mol. The van der Waals surface area contributed by atoms with Crippen LogP contribution >= 0.6 is 0 Å². The van der Waals surface area contributed by atoms with Crippen molar-refractivity contribution in [3.8, 4) is 0 Å². The molecular weight excluding hydrogens is 376 g/mol. The minimum absolute atomic E-state index is 0.00327. The number of amides is 1. The van der Waals surface area contributed by atoms with Gasteiger partial charge in [-0.25, -0.2) is 4.99 Å². The molecule has 2 aromatic carbocycles. The van der Waals surface area contributed by atoms with Gasteiger partial charge in [0, 0.05) is 32.7 Å². The van der Waals surface area contributed by atoms with Crippen LogP contribution in [0.5, 0.6) is 0 Å². The van der Waals surface area contributed by atoms with E-state index in [1.807, 2.05) is 49.4 Å². The summed E-state index contributed by atoms with van der Waals surface area (Å²) >= 11 is 0. The van der Waals surface area contributed by atoms with Gasteiger partial charge in [-0.2, -0.15) is 0 Å². The van der Waals surface area contributed by atoms with Gasteiger partial charge in [0.2, 0.25) is 0 Å². The summed E-state index contributed by atoms with van der Waals surface area (Å²) in [6.07, 6.45) is 0. The molecule has 2 aromatic rings. The normalized spacial score (nSPS) is 12.3. The molecule has 1 atom stereocenters. The van der Waals surface area contributed by atoms with E-state index in [1.54, 1.807) is 19.0 Å². The fourth-order valence-electron chi connectivity index (χ4n) is 2.81. The van der Waals surface area contributed by atoms with E-state index in [-0.39, 0.29) is 5.91 Å². The van der Waals surface area contributed by atoms with Gasteiger partial charge < -0.3 is 20.3 Å². The van der Waals surface area contributed by atoms with E-state index in [1.165, 1.54) is 5.56 Å². The molecule has 6 nitrogen and oxygen atoms in total. The van der Waals surface area contributed by atoms with Crippen LogP contribution in [0.1, 0.15) is 35.3 Å². The van der Waals surface area contributed by atoms with E-state index in [0.717, 1.165) is 24.6 Å². The molecular formula is C24H34N4O2. The molecule has 0 aliphatic carbocycles. The lowest BCUT2D eigenvalue weighted by molar-refractivity contribution is 0.0827. The minimum Gasteiger partial charge on any atom is -0.376 e. The summed E-state index contributed by atoms with van der Waals surface area (Å²) in [6, 6.07) is 17.8. The van der Waals surface area contributed by atoms with Gasteiger partial charge in [0.05, 0.1) is 19.8 Å². The molecule has 0 spiro atoms. The van der Waals surface area contributed by atoms with E-state index in [9.17, 15) is 4.79 Å². The lowest BCUT2D eigenvalue weighted by Gasteiger charge is -2.16. The third kappa shape index (κ3) is 8.25. The summed E-state index contributed by atoms with van der Waals surface area (Å²) in [7, 11) is 3.51. The molecule has 0 aliphatic rings. The highest BCUT2D eigenvalue weighted by Gasteiger charge is 2.08. The lowest BCUT2D eigenvalue weighted by Crippen LogP contribution is -2.40. The fourth-order valence-corrected chi connectivity index (χ4v) is 2.81. The first-order valence-corrected chi connectivity index (χ1v) is 10.4. The number of guanidine groups is 1. The Kier molecular flexibility index (Phi) is 9.87. The van der Waals surface area contributed by atoms with Crippen LogP contribution in [0.15, 0.2) is 59.6 Å². The van der Waals surface area contributed by atoms with Gasteiger partial charge >= 0.3 is 0 Å². The van der Waals surface area contributed by atoms with E-state index in [4.69, 9.17) is 4.74 Å². The number of hydrogen-bond acceptors (Lipinski definition) is 3. The van der Waals surface area contributed by atoms with Gasteiger partial charge in [-0.05, 0) is 36.1 Å². The highest BCUT2D eigenvalue weighted by Crippen LogP contribution is 2.08. The molecule has 2 N–H and O–H groups in total. The van der Waals surface area contributed by atoms with Crippen molar-refractivity contribution in [2.75, 3.05) is 33.8 Å². The number of carbonyl (C=O) groups excluding carboxylic acids is 1. The van der Waals surface area contributed by atoms with Crippen molar-refractivity contribution in [1.82, 2.24) is 15.5 Å². The van der Waals surface area contributed by atoms with E-state index >= 15 is 0 Å². The summed E-state index contributed by atoms with van der Waals surface area (Å²) in [5.41, 5.74) is 2.93. The Hall–Kier alpha value is -2.86. The fraction of sp³-hybridized carbons (Fsp3) is 0.417. The minimum atomic E-state index is 0.00327. The number of rotatable bonds is 10. The van der Waals surface area contributed by atoms with Crippen LogP contribution in [-0.2, 0) is 17.9 Å². The second-order valence-corrected chi connectivity index (χ2v) is 7.58. The van der Waals surface area contributed by atoms with Crippen LogP contribution < -0.4 is 10.6 Å². The standard InChI is InChI=1S/C24H34N4O2/c1-5-25-24(26-15-19(2)17-30-18-21-9-7-6-8-10-21)27-16-20-11-13-22(14-12-20)23(29)28(3)4/h6-14,19H,5,15-18H2,1-4H3,(H2,25,26,27). The van der Waals surface area contributed by atoms with Crippen molar-refractivity contribution in [3.05, 3.63) is 71.3 Å². The zero-order valence-electron chi connectivity index (χ0n) is 18.5. The molecule has 0 aliphatic heterocycles. The first kappa shape index (κ1) is 23.4. The van der Waals surface area contributed by atoms with Crippen LogP contribution in [0.4, 0.5) is 0 Å². The molecule has 162 valence electrons. The van der Waals surface area contributed by atoms with Crippen molar-refractivity contribution >= 4 is 11.9 Å². The monoisotopic (exact) mass is 410 g/mol. The Morgan fingerprint density at radius 1 is 1.03 bits per heavy atom. The van der Waals surface area contributed by atoms with Crippen LogP contribution in [0, 0.1) is 5.92 Å². The average Bonchev–Trinajstić information content (AvgIpc) is 2.76. The number of carbonyl (C=O) groups is 1. The maximum absolute atomic E-state index is 12.0. The SMILES string of the molecule is CCNC(=NCc1ccc(C(=O)N(C)C)cc1)NCC(C)COCc1ccccc1. The van der Waals surface area contributed by atoms with Gasteiger partial charge in [0.25, 0.3) is 5.91 Å². The van der Waals surface area contributed by atoms with Crippen LogP contribution in [0.25, 0.3) is 0 Å². The molecule has 0 heterocycles. The van der Waals surface area contributed by atoms with Crippen LogP contribution in [0.2, 0.25) is 0 Å². The quantitative estimate of drug-likeness (QED) is 0.466. The molecule has 2 rings (SSSR count). The van der Waals surface area contributed by atoms with Crippen molar-refractivity contribution in [3.63, 3.8) is 0 Å². The van der Waals surface area contributed by atoms with Crippen LogP contribution in [0.3, 0.4) is 0 Å². The van der Waals surface area contributed by atoms with Gasteiger partial charge in [-0.15, -0.1) is 0 Å². The highest BCUT2D eigenvalue weighted by molar-refractivity contribution is 5.93. The van der Waals surface area contributed by atoms with Gasteiger partial charge in [-0.1, -0.05) is 49.4 Å². The Balaban J connectivity index is 1.79. The molecule has 0 fully saturated rings. The summed E-state index contributed by atoms with van der Waals surface area (Å²) in [4.78, 5) is 18.2. The van der Waals surface area contributed by atoms with Gasteiger partial charge in [0.1, 0.15) is 0 Å². The molecule has 6 heteroatoms. The van der Waals surface area contributed by atoms with Crippen molar-refractivity contribution in [2.45, 2.75) is 27.0 Å². The molecule has 0 saturated carbocycles. The molecule has 30 heavy (non-hydrogen) atoms. The van der Waals surface area contributed by atoms with Crippen LogP contribution in [-0.4, -0.2) is 50.6 Å². The van der Waals surface area contributed by atoms with Gasteiger partial charge in [-0.3, -0.25) is 4.79 Å². The Labute approximate surface area is 180 Å². The lowest BCUT2D eigenvalue weighted by atomic mass is 10.1. The van der Waals surface area contributed by atoms with Gasteiger partial charge in [0.15, 0.2) is 5.96 Å². The van der Waals surface area contributed by atoms with Crippen molar-refractivity contribution in [2.24, 2.45) is 10.9 Å². The highest BCUT2D eigenvalue weighted by atomic mass is 16.5. The maximum atomic E-state index is 12.0. The Bertz CT molecular complexity index is 789. The molecule has 1 amide bonds. The summed E-state index contributed by atoms with van der Waals surface area (Å²) in [5.74, 6) is 1.14. The Morgan fingerprint density at radius 3 is 2.37 bits per heavy atom. The molecule has 1 unspecified atom stereocenters. The van der Waals surface area contributed by atoms with Crippen molar-refractivity contribution in [1.29, 1.82) is 0 Å². The smallest absolute Gasteiger partial charge is 0.253 e.